The molecule has 0 aromatic carbocycles. The van der Waals surface area contributed by atoms with Gasteiger partial charge in [0.05, 0.1) is 13.0 Å². The van der Waals surface area contributed by atoms with Crippen LogP contribution in [0.5, 0.6) is 0 Å². The minimum Gasteiger partial charge on any atom is -0.466 e. The van der Waals surface area contributed by atoms with Crippen LogP contribution in [0.4, 0.5) is 0 Å². The molecule has 0 aromatic rings. The first-order valence-corrected chi connectivity index (χ1v) is 5.67. The van der Waals surface area contributed by atoms with Crippen LogP contribution in [0.1, 0.15) is 45.4 Å². The Morgan fingerprint density at radius 2 is 1.93 bits per heavy atom. The maximum atomic E-state index is 11.4. The van der Waals surface area contributed by atoms with E-state index in [0.717, 1.165) is 12.8 Å². The number of nitrogens with one attached hydrogen (secondary N) is 1. The fourth-order valence-electron chi connectivity index (χ4n) is 1.82. The molecule has 0 atom stereocenters. The van der Waals surface area contributed by atoms with Crippen molar-refractivity contribution in [3.05, 3.63) is 0 Å². The van der Waals surface area contributed by atoms with Crippen molar-refractivity contribution in [2.75, 3.05) is 6.61 Å². The standard InChI is InChI=1S/C11H19NO3/c1-2-15-11(14)8-7-10(13)12-9-5-3-4-6-9/h9H,2-8H2,1H3,(H,12,13). The minimum absolute atomic E-state index is 0.0325. The molecule has 0 heterocycles. The summed E-state index contributed by atoms with van der Waals surface area (Å²) in [7, 11) is 0. The fourth-order valence-corrected chi connectivity index (χ4v) is 1.82. The summed E-state index contributed by atoms with van der Waals surface area (Å²) in [6, 6.07) is 0.333. The third-order valence-electron chi connectivity index (χ3n) is 2.58. The molecule has 0 spiro atoms. The van der Waals surface area contributed by atoms with Gasteiger partial charge in [0, 0.05) is 12.5 Å². The van der Waals surface area contributed by atoms with Gasteiger partial charge < -0.3 is 10.1 Å². The largest absolute Gasteiger partial charge is 0.466 e. The Bertz CT molecular complexity index is 222. The maximum Gasteiger partial charge on any atom is 0.306 e. The number of hydrogen-bond donors (Lipinski definition) is 1. The van der Waals surface area contributed by atoms with Crippen LogP contribution in [0, 0.1) is 0 Å². The Hall–Kier alpha value is -1.06. The topological polar surface area (TPSA) is 55.4 Å². The number of amides is 1. The van der Waals surface area contributed by atoms with Crippen LogP contribution in [0.15, 0.2) is 0 Å². The Labute approximate surface area is 90.4 Å². The van der Waals surface area contributed by atoms with E-state index in [0.29, 0.717) is 12.6 Å². The maximum absolute atomic E-state index is 11.4. The van der Waals surface area contributed by atoms with E-state index in [1.807, 2.05) is 0 Å². The lowest BCUT2D eigenvalue weighted by atomic mass is 10.2. The Balaban J connectivity index is 2.10. The zero-order chi connectivity index (χ0) is 11.1. The quantitative estimate of drug-likeness (QED) is 0.702. The minimum atomic E-state index is -0.293. The van der Waals surface area contributed by atoms with Crippen molar-refractivity contribution in [2.24, 2.45) is 0 Å². The van der Waals surface area contributed by atoms with Gasteiger partial charge in [-0.2, -0.15) is 0 Å². The van der Waals surface area contributed by atoms with Gasteiger partial charge in [-0.3, -0.25) is 9.59 Å². The van der Waals surface area contributed by atoms with E-state index < -0.39 is 0 Å². The second-order valence-corrected chi connectivity index (χ2v) is 3.85. The molecule has 0 saturated heterocycles. The molecule has 0 bridgehead atoms. The van der Waals surface area contributed by atoms with Crippen LogP contribution in [0.25, 0.3) is 0 Å². The molecule has 1 amide bonds. The van der Waals surface area contributed by atoms with E-state index in [-0.39, 0.29) is 24.7 Å². The average Bonchev–Trinajstić information content (AvgIpc) is 2.68. The molecule has 1 fully saturated rings. The van der Waals surface area contributed by atoms with Crippen LogP contribution in [-0.4, -0.2) is 24.5 Å². The van der Waals surface area contributed by atoms with Crippen molar-refractivity contribution < 1.29 is 14.3 Å². The van der Waals surface area contributed by atoms with Crippen LogP contribution >= 0.6 is 0 Å². The smallest absolute Gasteiger partial charge is 0.306 e. The lowest BCUT2D eigenvalue weighted by Crippen LogP contribution is -2.32. The summed E-state index contributed by atoms with van der Waals surface area (Å²) in [5.41, 5.74) is 0. The third kappa shape index (κ3) is 4.81. The SMILES string of the molecule is CCOC(=O)CCC(=O)NC1CCCC1. The van der Waals surface area contributed by atoms with Crippen LogP contribution in [-0.2, 0) is 14.3 Å². The van der Waals surface area contributed by atoms with E-state index in [2.05, 4.69) is 5.32 Å². The van der Waals surface area contributed by atoms with Gasteiger partial charge in [-0.1, -0.05) is 12.8 Å². The van der Waals surface area contributed by atoms with Gasteiger partial charge in [-0.25, -0.2) is 0 Å². The molecule has 1 N–H and O–H groups in total. The van der Waals surface area contributed by atoms with E-state index in [1.165, 1.54) is 12.8 Å². The number of ether oxygens (including phenoxy) is 1. The molecule has 1 aliphatic rings. The van der Waals surface area contributed by atoms with E-state index in [1.54, 1.807) is 6.92 Å². The van der Waals surface area contributed by atoms with Crippen molar-refractivity contribution >= 4 is 11.9 Å². The highest BCUT2D eigenvalue weighted by Crippen LogP contribution is 2.17. The molecule has 0 radical (unpaired) electrons. The molecule has 0 aromatic heterocycles. The second kappa shape index (κ2) is 6.43. The molecule has 0 unspecified atom stereocenters. The zero-order valence-corrected chi connectivity index (χ0v) is 9.25. The van der Waals surface area contributed by atoms with Crippen LogP contribution < -0.4 is 5.32 Å². The number of rotatable bonds is 5. The molecule has 4 nitrogen and oxygen atoms in total. The van der Waals surface area contributed by atoms with Crippen molar-refractivity contribution in [1.29, 1.82) is 0 Å². The van der Waals surface area contributed by atoms with Crippen molar-refractivity contribution in [1.82, 2.24) is 5.32 Å². The fraction of sp³-hybridized carbons (Fsp3) is 0.818. The first kappa shape index (κ1) is 12.0. The van der Waals surface area contributed by atoms with Gasteiger partial charge in [-0.05, 0) is 19.8 Å². The number of esters is 1. The number of hydrogen-bond acceptors (Lipinski definition) is 3. The van der Waals surface area contributed by atoms with Crippen LogP contribution in [0.2, 0.25) is 0 Å². The first-order chi connectivity index (χ1) is 7.22. The van der Waals surface area contributed by atoms with E-state index in [9.17, 15) is 9.59 Å². The summed E-state index contributed by atoms with van der Waals surface area (Å²) in [6.45, 7) is 2.14. The lowest BCUT2D eigenvalue weighted by Gasteiger charge is -2.11. The summed E-state index contributed by atoms with van der Waals surface area (Å²) >= 11 is 0. The molecule has 1 saturated carbocycles. The predicted octanol–water partition coefficient (Wildman–Crippen LogP) is 1.39. The van der Waals surface area contributed by atoms with Gasteiger partial charge >= 0.3 is 5.97 Å². The summed E-state index contributed by atoms with van der Waals surface area (Å²) in [4.78, 5) is 22.4. The highest BCUT2D eigenvalue weighted by atomic mass is 16.5. The summed E-state index contributed by atoms with van der Waals surface area (Å²) < 4.78 is 4.74. The van der Waals surface area contributed by atoms with Crippen LogP contribution in [0.3, 0.4) is 0 Å². The first-order valence-electron chi connectivity index (χ1n) is 5.67. The molecule has 15 heavy (non-hydrogen) atoms. The molecule has 1 rings (SSSR count). The monoisotopic (exact) mass is 213 g/mol. The molecule has 4 heteroatoms. The van der Waals surface area contributed by atoms with Gasteiger partial charge in [0.2, 0.25) is 5.91 Å². The van der Waals surface area contributed by atoms with E-state index >= 15 is 0 Å². The summed E-state index contributed by atoms with van der Waals surface area (Å²) in [6.07, 6.45) is 4.98. The Morgan fingerprint density at radius 3 is 2.53 bits per heavy atom. The third-order valence-corrected chi connectivity index (χ3v) is 2.58. The number of carbonyl (C=O) groups excluding carboxylic acids is 2. The lowest BCUT2D eigenvalue weighted by molar-refractivity contribution is -0.144. The molecular formula is C11H19NO3. The number of carbonyl (C=O) groups is 2. The van der Waals surface area contributed by atoms with Gasteiger partial charge in [-0.15, -0.1) is 0 Å². The predicted molar refractivity (Wildman–Crippen MR) is 56.3 cm³/mol. The highest BCUT2D eigenvalue weighted by molar-refractivity contribution is 5.81. The molecule has 86 valence electrons. The second-order valence-electron chi connectivity index (χ2n) is 3.85. The molecular weight excluding hydrogens is 194 g/mol. The normalized spacial score (nSPS) is 16.3. The highest BCUT2D eigenvalue weighted by Gasteiger charge is 2.17. The Kier molecular flexibility index (Phi) is 5.15. The van der Waals surface area contributed by atoms with E-state index in [4.69, 9.17) is 4.74 Å². The molecule has 0 aliphatic heterocycles. The zero-order valence-electron chi connectivity index (χ0n) is 9.25. The van der Waals surface area contributed by atoms with Gasteiger partial charge in [0.15, 0.2) is 0 Å². The summed E-state index contributed by atoms with van der Waals surface area (Å²) in [5, 5.41) is 2.93. The van der Waals surface area contributed by atoms with Crippen molar-refractivity contribution in [2.45, 2.75) is 51.5 Å². The molecule has 1 aliphatic carbocycles. The summed E-state index contributed by atoms with van der Waals surface area (Å²) in [5.74, 6) is -0.325. The Morgan fingerprint density at radius 1 is 1.27 bits per heavy atom. The average molecular weight is 213 g/mol. The van der Waals surface area contributed by atoms with Crippen molar-refractivity contribution in [3.63, 3.8) is 0 Å². The van der Waals surface area contributed by atoms with Gasteiger partial charge in [0.1, 0.15) is 0 Å². The van der Waals surface area contributed by atoms with Gasteiger partial charge in [0.25, 0.3) is 0 Å². The van der Waals surface area contributed by atoms with Crippen molar-refractivity contribution in [3.8, 4) is 0 Å².